The van der Waals surface area contributed by atoms with Crippen LogP contribution in [0.1, 0.15) is 30.0 Å². The molecule has 2 aromatic carbocycles. The summed E-state index contributed by atoms with van der Waals surface area (Å²) in [7, 11) is 0. The van der Waals surface area contributed by atoms with Crippen LogP contribution in [0.3, 0.4) is 0 Å². The summed E-state index contributed by atoms with van der Waals surface area (Å²) in [6.45, 7) is 2.48. The molecule has 28 heavy (non-hydrogen) atoms. The minimum absolute atomic E-state index is 0.0253. The summed E-state index contributed by atoms with van der Waals surface area (Å²) < 4.78 is 0. The molecule has 1 saturated heterocycles. The van der Waals surface area contributed by atoms with Crippen LogP contribution in [0, 0.1) is 10.1 Å². The number of carbonyl (C=O) groups excluding carboxylic acids is 1. The van der Waals surface area contributed by atoms with E-state index in [9.17, 15) is 14.9 Å². The Balaban J connectivity index is 1.50. The van der Waals surface area contributed by atoms with Crippen LogP contribution in [0.25, 0.3) is 6.08 Å². The fourth-order valence-electron chi connectivity index (χ4n) is 3.77. The first-order chi connectivity index (χ1) is 13.6. The first-order valence-corrected chi connectivity index (χ1v) is 9.64. The van der Waals surface area contributed by atoms with Gasteiger partial charge >= 0.3 is 0 Å². The van der Waals surface area contributed by atoms with Crippen molar-refractivity contribution in [2.45, 2.75) is 24.9 Å². The van der Waals surface area contributed by atoms with E-state index in [0.29, 0.717) is 12.6 Å². The molecule has 1 aliphatic carbocycles. The van der Waals surface area contributed by atoms with Crippen molar-refractivity contribution < 1.29 is 9.72 Å². The highest BCUT2D eigenvalue weighted by atomic mass is 16.6. The molecule has 0 aromatic heterocycles. The van der Waals surface area contributed by atoms with E-state index in [2.05, 4.69) is 17.0 Å². The zero-order valence-corrected chi connectivity index (χ0v) is 15.6. The van der Waals surface area contributed by atoms with Crippen molar-refractivity contribution in [3.63, 3.8) is 0 Å². The number of rotatable bonds is 5. The number of non-ortho nitro benzene ring substituents is 1. The molecule has 2 fully saturated rings. The summed E-state index contributed by atoms with van der Waals surface area (Å²) in [6, 6.07) is 17.1. The summed E-state index contributed by atoms with van der Waals surface area (Å²) >= 11 is 0. The number of piperazine rings is 1. The van der Waals surface area contributed by atoms with Crippen molar-refractivity contribution in [1.82, 2.24) is 9.80 Å². The van der Waals surface area contributed by atoms with Crippen LogP contribution in [-0.4, -0.2) is 46.3 Å². The van der Waals surface area contributed by atoms with Crippen LogP contribution in [0.5, 0.6) is 0 Å². The monoisotopic (exact) mass is 377 g/mol. The lowest BCUT2D eigenvalue weighted by molar-refractivity contribution is -0.384. The molecule has 1 heterocycles. The summed E-state index contributed by atoms with van der Waals surface area (Å²) in [5.41, 5.74) is 1.97. The van der Waals surface area contributed by atoms with Crippen LogP contribution in [0.2, 0.25) is 0 Å². The Bertz CT molecular complexity index is 876. The lowest BCUT2D eigenvalue weighted by Crippen LogP contribution is -2.50. The molecule has 1 aliphatic heterocycles. The largest absolute Gasteiger partial charge is 0.330 e. The highest BCUT2D eigenvalue weighted by Crippen LogP contribution is 2.33. The van der Waals surface area contributed by atoms with Crippen molar-refractivity contribution in [1.29, 1.82) is 0 Å². The van der Waals surface area contributed by atoms with Gasteiger partial charge in [0.25, 0.3) is 5.69 Å². The maximum atomic E-state index is 12.9. The molecule has 144 valence electrons. The number of nitrogens with zero attached hydrogens (tertiary/aromatic N) is 3. The molecule has 0 radical (unpaired) electrons. The molecule has 6 nitrogen and oxygen atoms in total. The van der Waals surface area contributed by atoms with Gasteiger partial charge in [-0.25, -0.2) is 0 Å². The molecule has 1 amide bonds. The van der Waals surface area contributed by atoms with Gasteiger partial charge in [-0.2, -0.15) is 0 Å². The Hall–Kier alpha value is -2.99. The molecule has 1 saturated carbocycles. The zero-order valence-electron chi connectivity index (χ0n) is 15.6. The molecule has 6 heteroatoms. The Kier molecular flexibility index (Phi) is 5.21. The zero-order chi connectivity index (χ0) is 19.5. The van der Waals surface area contributed by atoms with Gasteiger partial charge in [0.2, 0.25) is 5.91 Å². The van der Waals surface area contributed by atoms with Crippen molar-refractivity contribution >= 4 is 17.7 Å². The Labute approximate surface area is 164 Å². The summed E-state index contributed by atoms with van der Waals surface area (Å²) in [6.07, 6.45) is 5.82. The smallest absolute Gasteiger partial charge is 0.269 e. The van der Waals surface area contributed by atoms with Gasteiger partial charge in [0.15, 0.2) is 0 Å². The number of carbonyl (C=O) groups is 1. The molecule has 0 bridgehead atoms. The molecule has 1 unspecified atom stereocenters. The maximum absolute atomic E-state index is 12.9. The molecular weight excluding hydrogens is 354 g/mol. The first kappa shape index (κ1) is 18.4. The quantitative estimate of drug-likeness (QED) is 0.453. The number of nitro benzene ring substituents is 1. The number of amides is 1. The standard InChI is InChI=1S/C22H23N3O3/c26-22(13-8-17-6-9-20(10-7-17)25(27)28)24-15-14-23(19-11-12-19)16-21(24)18-4-2-1-3-5-18/h1-10,13,19,21H,11-12,14-16H2/b13-8+. The van der Waals surface area contributed by atoms with Crippen LogP contribution in [0.15, 0.2) is 60.7 Å². The highest BCUT2D eigenvalue weighted by molar-refractivity contribution is 5.92. The van der Waals surface area contributed by atoms with Gasteiger partial charge in [0, 0.05) is 43.9 Å². The van der Waals surface area contributed by atoms with E-state index in [4.69, 9.17) is 0 Å². The summed E-state index contributed by atoms with van der Waals surface area (Å²) in [5.74, 6) is -0.0253. The second kappa shape index (κ2) is 7.94. The lowest BCUT2D eigenvalue weighted by Gasteiger charge is -2.41. The molecule has 2 aromatic rings. The third kappa shape index (κ3) is 4.12. The van der Waals surface area contributed by atoms with Crippen LogP contribution >= 0.6 is 0 Å². The predicted octanol–water partition coefficient (Wildman–Crippen LogP) is 3.66. The SMILES string of the molecule is O=C(/C=C/c1ccc([N+](=O)[O-])cc1)N1CCN(C2CC2)CC1c1ccccc1. The summed E-state index contributed by atoms with van der Waals surface area (Å²) in [4.78, 5) is 27.7. The second-order valence-electron chi connectivity index (χ2n) is 7.37. The van der Waals surface area contributed by atoms with Crippen molar-refractivity contribution in [3.05, 3.63) is 81.9 Å². The van der Waals surface area contributed by atoms with Gasteiger partial charge in [-0.15, -0.1) is 0 Å². The van der Waals surface area contributed by atoms with Crippen LogP contribution in [-0.2, 0) is 4.79 Å². The fourth-order valence-corrected chi connectivity index (χ4v) is 3.77. The summed E-state index contributed by atoms with van der Waals surface area (Å²) in [5, 5.41) is 10.8. The minimum atomic E-state index is -0.428. The third-order valence-corrected chi connectivity index (χ3v) is 5.46. The number of nitro groups is 1. The number of hydrogen-bond donors (Lipinski definition) is 0. The van der Waals surface area contributed by atoms with Crippen molar-refractivity contribution in [2.24, 2.45) is 0 Å². The average molecular weight is 377 g/mol. The second-order valence-corrected chi connectivity index (χ2v) is 7.37. The number of benzene rings is 2. The topological polar surface area (TPSA) is 66.7 Å². The Morgan fingerprint density at radius 3 is 2.39 bits per heavy atom. The van der Waals surface area contributed by atoms with E-state index < -0.39 is 4.92 Å². The highest BCUT2D eigenvalue weighted by Gasteiger charge is 2.37. The molecular formula is C22H23N3O3. The van der Waals surface area contributed by atoms with Crippen LogP contribution < -0.4 is 0 Å². The normalized spacial score (nSPS) is 20.4. The average Bonchev–Trinajstić information content (AvgIpc) is 3.58. The van der Waals surface area contributed by atoms with Gasteiger partial charge in [-0.1, -0.05) is 30.3 Å². The minimum Gasteiger partial charge on any atom is -0.330 e. The molecule has 2 aliphatic rings. The molecule has 4 rings (SSSR count). The van der Waals surface area contributed by atoms with E-state index in [1.165, 1.54) is 25.0 Å². The third-order valence-electron chi connectivity index (χ3n) is 5.46. The first-order valence-electron chi connectivity index (χ1n) is 9.64. The fraction of sp³-hybridized carbons (Fsp3) is 0.318. The van der Waals surface area contributed by atoms with Crippen molar-refractivity contribution in [2.75, 3.05) is 19.6 Å². The molecule has 0 spiro atoms. The number of hydrogen-bond acceptors (Lipinski definition) is 4. The Morgan fingerprint density at radius 1 is 1.04 bits per heavy atom. The van der Waals surface area contributed by atoms with Gasteiger partial charge in [0.05, 0.1) is 11.0 Å². The van der Waals surface area contributed by atoms with E-state index in [1.807, 2.05) is 23.1 Å². The van der Waals surface area contributed by atoms with Crippen molar-refractivity contribution in [3.8, 4) is 0 Å². The van der Waals surface area contributed by atoms with Gasteiger partial charge in [0.1, 0.15) is 0 Å². The van der Waals surface area contributed by atoms with Gasteiger partial charge < -0.3 is 4.90 Å². The van der Waals surface area contributed by atoms with Crippen LogP contribution in [0.4, 0.5) is 5.69 Å². The predicted molar refractivity (Wildman–Crippen MR) is 108 cm³/mol. The lowest BCUT2D eigenvalue weighted by atomic mass is 10.0. The van der Waals surface area contributed by atoms with E-state index in [0.717, 1.165) is 24.2 Å². The molecule has 1 atom stereocenters. The Morgan fingerprint density at radius 2 is 1.75 bits per heavy atom. The van der Waals surface area contributed by atoms with Gasteiger partial charge in [-0.05, 0) is 42.2 Å². The van der Waals surface area contributed by atoms with E-state index in [-0.39, 0.29) is 17.6 Å². The van der Waals surface area contributed by atoms with E-state index in [1.54, 1.807) is 24.3 Å². The van der Waals surface area contributed by atoms with E-state index >= 15 is 0 Å². The van der Waals surface area contributed by atoms with Gasteiger partial charge in [-0.3, -0.25) is 19.8 Å². The molecule has 0 N–H and O–H groups in total. The maximum Gasteiger partial charge on any atom is 0.269 e.